The summed E-state index contributed by atoms with van der Waals surface area (Å²) in [4.78, 5) is 12.7. The molecule has 0 atom stereocenters. The molecule has 0 bridgehead atoms. The molecule has 0 aromatic heterocycles. The van der Waals surface area contributed by atoms with Crippen molar-refractivity contribution >= 4 is 33.0 Å². The van der Waals surface area contributed by atoms with Crippen molar-refractivity contribution in [1.29, 1.82) is 0 Å². The zero-order valence-corrected chi connectivity index (χ0v) is 18.3. The Hall–Kier alpha value is -2.71. The van der Waals surface area contributed by atoms with Crippen molar-refractivity contribution in [2.45, 2.75) is 31.6 Å². The van der Waals surface area contributed by atoms with Crippen LogP contribution in [0.4, 0.5) is 11.4 Å². The molecule has 160 valence electrons. The largest absolute Gasteiger partial charge is 0.386 e. The lowest BCUT2D eigenvalue weighted by Crippen LogP contribution is -2.31. The van der Waals surface area contributed by atoms with Gasteiger partial charge in [-0.3, -0.25) is 4.79 Å². The molecule has 1 aliphatic heterocycles. The Morgan fingerprint density at radius 1 is 1.10 bits per heavy atom. The minimum absolute atomic E-state index is 0.0917. The third-order valence-electron chi connectivity index (χ3n) is 5.39. The van der Waals surface area contributed by atoms with E-state index in [9.17, 15) is 13.2 Å². The molecular formula is C22H28N4O3S. The third kappa shape index (κ3) is 5.06. The van der Waals surface area contributed by atoms with Crippen LogP contribution >= 0.6 is 0 Å². The summed E-state index contributed by atoms with van der Waals surface area (Å²) in [5.41, 5.74) is 3.08. The molecule has 1 fully saturated rings. The van der Waals surface area contributed by atoms with Crippen molar-refractivity contribution < 1.29 is 13.2 Å². The van der Waals surface area contributed by atoms with Crippen LogP contribution in [0.1, 0.15) is 35.7 Å². The number of benzene rings is 2. The number of sulfonamides is 1. The Balaban J connectivity index is 1.84. The molecular weight excluding hydrogens is 400 g/mol. The first-order chi connectivity index (χ1) is 14.3. The molecule has 2 aromatic carbocycles. The molecule has 2 aromatic rings. The number of hydrogen-bond donors (Lipinski definition) is 3. The van der Waals surface area contributed by atoms with E-state index in [1.807, 2.05) is 19.1 Å². The van der Waals surface area contributed by atoms with Crippen LogP contribution in [0.2, 0.25) is 0 Å². The van der Waals surface area contributed by atoms with Gasteiger partial charge in [0, 0.05) is 24.2 Å². The Kier molecular flexibility index (Phi) is 6.89. The summed E-state index contributed by atoms with van der Waals surface area (Å²) in [6.07, 6.45) is 1.77. The fraction of sp³-hybridized carbons (Fsp3) is 0.364. The van der Waals surface area contributed by atoms with E-state index in [1.54, 1.807) is 32.2 Å². The number of nitrogens with zero attached hydrogens (tertiary/aromatic N) is 1. The standard InChI is InChI=1S/C22H28N4O3S/c1-15-6-4-5-7-19(15)22(27)25-20-9-8-18(14-21(20)23-3)30(28,29)26-16(2)17-10-12-24-13-11-17/h4-9,14,17,23-24H,10-13H2,1-3H3,(H,25,27). The van der Waals surface area contributed by atoms with Gasteiger partial charge in [0.1, 0.15) is 0 Å². The van der Waals surface area contributed by atoms with Crippen molar-refractivity contribution in [2.75, 3.05) is 30.8 Å². The van der Waals surface area contributed by atoms with E-state index in [0.29, 0.717) is 22.6 Å². The summed E-state index contributed by atoms with van der Waals surface area (Å²) in [6, 6.07) is 11.9. The monoisotopic (exact) mass is 428 g/mol. The van der Waals surface area contributed by atoms with Crippen LogP contribution < -0.4 is 16.0 Å². The number of amides is 1. The summed E-state index contributed by atoms with van der Waals surface area (Å²) in [6.45, 7) is 5.39. The van der Waals surface area contributed by atoms with E-state index in [0.717, 1.165) is 31.5 Å². The highest BCUT2D eigenvalue weighted by Gasteiger charge is 2.21. The Bertz CT molecular complexity index is 1060. The number of rotatable bonds is 6. The van der Waals surface area contributed by atoms with Gasteiger partial charge in [0.05, 0.1) is 16.3 Å². The van der Waals surface area contributed by atoms with Gasteiger partial charge < -0.3 is 16.0 Å². The first-order valence-corrected chi connectivity index (χ1v) is 11.5. The van der Waals surface area contributed by atoms with Gasteiger partial charge in [-0.25, -0.2) is 0 Å². The highest BCUT2D eigenvalue weighted by molar-refractivity contribution is 7.90. The molecule has 3 rings (SSSR count). The third-order valence-corrected chi connectivity index (χ3v) is 6.77. The molecule has 0 radical (unpaired) electrons. The van der Waals surface area contributed by atoms with Gasteiger partial charge in [0.25, 0.3) is 15.9 Å². The second-order valence-corrected chi connectivity index (χ2v) is 9.06. The fourth-order valence-corrected chi connectivity index (χ4v) is 4.71. The van der Waals surface area contributed by atoms with Gasteiger partial charge in [-0.1, -0.05) is 18.2 Å². The SMILES string of the molecule is CNc1cc(S(=O)(=O)N=C(C)C2CCNCC2)ccc1NC(=O)c1ccccc1C. The summed E-state index contributed by atoms with van der Waals surface area (Å²) in [7, 11) is -2.15. The number of hydrogen-bond acceptors (Lipinski definition) is 5. The maximum Gasteiger partial charge on any atom is 0.282 e. The maximum atomic E-state index is 12.8. The fourth-order valence-electron chi connectivity index (χ4n) is 3.57. The Morgan fingerprint density at radius 2 is 1.80 bits per heavy atom. The van der Waals surface area contributed by atoms with Gasteiger partial charge in [-0.05, 0) is 69.6 Å². The smallest absolute Gasteiger partial charge is 0.282 e. The lowest BCUT2D eigenvalue weighted by Gasteiger charge is -2.22. The molecule has 0 spiro atoms. The Morgan fingerprint density at radius 3 is 2.47 bits per heavy atom. The number of anilines is 2. The molecule has 0 saturated carbocycles. The Labute approximate surface area is 178 Å². The molecule has 7 nitrogen and oxygen atoms in total. The van der Waals surface area contributed by atoms with E-state index in [1.165, 1.54) is 12.1 Å². The first kappa shape index (κ1) is 22.0. The van der Waals surface area contributed by atoms with Crippen LogP contribution in [-0.2, 0) is 10.0 Å². The predicted molar refractivity (Wildman–Crippen MR) is 121 cm³/mol. The van der Waals surface area contributed by atoms with Crippen LogP contribution in [0.5, 0.6) is 0 Å². The minimum atomic E-state index is -3.83. The quantitative estimate of drug-likeness (QED) is 0.612. The van der Waals surface area contributed by atoms with Crippen molar-refractivity contribution in [3.8, 4) is 0 Å². The van der Waals surface area contributed by atoms with E-state index < -0.39 is 10.0 Å². The molecule has 1 amide bonds. The van der Waals surface area contributed by atoms with Crippen LogP contribution in [0.25, 0.3) is 0 Å². The summed E-state index contributed by atoms with van der Waals surface area (Å²) in [5, 5.41) is 9.08. The van der Waals surface area contributed by atoms with Gasteiger partial charge in [0.15, 0.2) is 0 Å². The van der Waals surface area contributed by atoms with Crippen LogP contribution in [0, 0.1) is 12.8 Å². The highest BCUT2D eigenvalue weighted by atomic mass is 32.2. The molecule has 1 heterocycles. The normalized spacial score (nSPS) is 15.6. The van der Waals surface area contributed by atoms with Crippen molar-refractivity contribution in [1.82, 2.24) is 5.32 Å². The summed E-state index contributed by atoms with van der Waals surface area (Å²) < 4.78 is 29.7. The molecule has 1 saturated heterocycles. The number of carbonyl (C=O) groups excluding carboxylic acids is 1. The molecule has 30 heavy (non-hydrogen) atoms. The minimum Gasteiger partial charge on any atom is -0.386 e. The van der Waals surface area contributed by atoms with Gasteiger partial charge >= 0.3 is 0 Å². The van der Waals surface area contributed by atoms with E-state index in [2.05, 4.69) is 20.3 Å². The second-order valence-electron chi connectivity index (χ2n) is 7.46. The number of carbonyl (C=O) groups is 1. The summed E-state index contributed by atoms with van der Waals surface area (Å²) >= 11 is 0. The second kappa shape index (κ2) is 9.40. The molecule has 3 N–H and O–H groups in total. The predicted octanol–water partition coefficient (Wildman–Crippen LogP) is 3.44. The van der Waals surface area contributed by atoms with E-state index in [-0.39, 0.29) is 16.7 Å². The lowest BCUT2D eigenvalue weighted by molar-refractivity contribution is 0.102. The molecule has 1 aliphatic rings. The van der Waals surface area contributed by atoms with Crippen molar-refractivity contribution in [2.24, 2.45) is 10.3 Å². The topological polar surface area (TPSA) is 99.7 Å². The first-order valence-electron chi connectivity index (χ1n) is 10.0. The number of aryl methyl sites for hydroxylation is 1. The zero-order chi connectivity index (χ0) is 21.7. The van der Waals surface area contributed by atoms with E-state index >= 15 is 0 Å². The van der Waals surface area contributed by atoms with Crippen LogP contribution in [0.15, 0.2) is 51.8 Å². The van der Waals surface area contributed by atoms with E-state index in [4.69, 9.17) is 0 Å². The molecule has 8 heteroatoms. The van der Waals surface area contributed by atoms with Gasteiger partial charge in [0.2, 0.25) is 0 Å². The highest BCUT2D eigenvalue weighted by Crippen LogP contribution is 2.27. The average Bonchev–Trinajstić information content (AvgIpc) is 2.74. The number of piperidine rings is 1. The van der Waals surface area contributed by atoms with Gasteiger partial charge in [-0.15, -0.1) is 0 Å². The van der Waals surface area contributed by atoms with Crippen LogP contribution in [-0.4, -0.2) is 40.2 Å². The maximum absolute atomic E-state index is 12.8. The lowest BCUT2D eigenvalue weighted by atomic mass is 9.94. The zero-order valence-electron chi connectivity index (χ0n) is 17.5. The van der Waals surface area contributed by atoms with Gasteiger partial charge in [-0.2, -0.15) is 12.8 Å². The molecule has 0 unspecified atom stereocenters. The molecule has 0 aliphatic carbocycles. The van der Waals surface area contributed by atoms with Crippen molar-refractivity contribution in [3.05, 3.63) is 53.6 Å². The van der Waals surface area contributed by atoms with Crippen LogP contribution in [0.3, 0.4) is 0 Å². The summed E-state index contributed by atoms with van der Waals surface area (Å²) in [5.74, 6) is -0.0718. The average molecular weight is 429 g/mol. The number of nitrogens with one attached hydrogen (secondary N) is 3. The van der Waals surface area contributed by atoms with Crippen molar-refractivity contribution in [3.63, 3.8) is 0 Å².